The minimum Gasteiger partial charge on any atom is -0.481 e. The van der Waals surface area contributed by atoms with E-state index in [1.54, 1.807) is 0 Å². The molecule has 1 saturated heterocycles. The number of hydrogen-bond donors (Lipinski definition) is 2. The van der Waals surface area contributed by atoms with Gasteiger partial charge >= 0.3 is 5.97 Å². The molecule has 4 nitrogen and oxygen atoms in total. The van der Waals surface area contributed by atoms with Gasteiger partial charge in [-0.15, -0.1) is 0 Å². The topological polar surface area (TPSA) is 66.4 Å². The maximum absolute atomic E-state index is 11.2. The number of hydrogen-bond acceptors (Lipinski definition) is 2. The molecule has 2 N–H and O–H groups in total. The summed E-state index contributed by atoms with van der Waals surface area (Å²) in [6.45, 7) is 1.84. The fraction of sp³-hybridized carbons (Fsp3) is 0.778. The second kappa shape index (κ2) is 2.25. The zero-order valence-electron chi connectivity index (χ0n) is 7.59. The van der Waals surface area contributed by atoms with Gasteiger partial charge in [0.25, 0.3) is 0 Å². The Morgan fingerprint density at radius 1 is 1.62 bits per heavy atom. The van der Waals surface area contributed by atoms with Crippen LogP contribution in [0.5, 0.6) is 0 Å². The zero-order chi connectivity index (χ0) is 9.69. The average molecular weight is 183 g/mol. The summed E-state index contributed by atoms with van der Waals surface area (Å²) in [5.41, 5.74) is -1.23. The Kier molecular flexibility index (Phi) is 1.47. The van der Waals surface area contributed by atoms with Gasteiger partial charge in [-0.1, -0.05) is 6.92 Å². The lowest BCUT2D eigenvalue weighted by atomic mass is 9.76. The molecule has 0 aromatic heterocycles. The molecule has 1 heterocycles. The van der Waals surface area contributed by atoms with Crippen LogP contribution in [-0.4, -0.2) is 22.5 Å². The lowest BCUT2D eigenvalue weighted by molar-refractivity contribution is -0.151. The van der Waals surface area contributed by atoms with Crippen LogP contribution >= 0.6 is 0 Å². The molecule has 72 valence electrons. The number of carboxylic acid groups (broad SMARTS) is 1. The van der Waals surface area contributed by atoms with E-state index in [4.69, 9.17) is 5.11 Å². The molecule has 13 heavy (non-hydrogen) atoms. The second-order valence-electron chi connectivity index (χ2n) is 4.05. The molecule has 4 heteroatoms. The summed E-state index contributed by atoms with van der Waals surface area (Å²) in [5, 5.41) is 12.0. The Morgan fingerprint density at radius 3 is 2.54 bits per heavy atom. The molecule has 1 aliphatic carbocycles. The van der Waals surface area contributed by atoms with E-state index in [0.717, 1.165) is 12.8 Å². The molecule has 1 spiro atoms. The first kappa shape index (κ1) is 8.53. The third kappa shape index (κ3) is 0.857. The van der Waals surface area contributed by atoms with Gasteiger partial charge in [-0.25, -0.2) is 0 Å². The van der Waals surface area contributed by atoms with E-state index in [1.165, 1.54) is 0 Å². The Labute approximate surface area is 76.3 Å². The average Bonchev–Trinajstić information content (AvgIpc) is 2.73. The molecule has 1 unspecified atom stereocenters. The fourth-order valence-electron chi connectivity index (χ4n) is 2.50. The van der Waals surface area contributed by atoms with Gasteiger partial charge < -0.3 is 10.4 Å². The third-order valence-corrected chi connectivity index (χ3v) is 3.52. The Morgan fingerprint density at radius 2 is 2.23 bits per heavy atom. The van der Waals surface area contributed by atoms with E-state index in [1.807, 2.05) is 6.92 Å². The molecule has 2 rings (SSSR count). The number of carbonyl (C=O) groups is 2. The summed E-state index contributed by atoms with van der Waals surface area (Å²) < 4.78 is 0. The Balaban J connectivity index is 2.39. The van der Waals surface area contributed by atoms with Crippen molar-refractivity contribution in [1.29, 1.82) is 0 Å². The largest absolute Gasteiger partial charge is 0.481 e. The van der Waals surface area contributed by atoms with E-state index in [0.29, 0.717) is 6.42 Å². The molecular weight excluding hydrogens is 170 g/mol. The molecule has 0 aromatic carbocycles. The van der Waals surface area contributed by atoms with Crippen LogP contribution in [0.2, 0.25) is 0 Å². The summed E-state index contributed by atoms with van der Waals surface area (Å²) >= 11 is 0. The van der Waals surface area contributed by atoms with Crippen molar-refractivity contribution in [3.63, 3.8) is 0 Å². The Bertz CT molecular complexity index is 283. The molecule has 0 aromatic rings. The SMILES string of the molecule is CCC1(C(=O)O)CC(=O)NC12CC2. The normalized spacial score (nSPS) is 34.7. The number of carbonyl (C=O) groups excluding carboxylic acids is 1. The molecule has 1 saturated carbocycles. The highest BCUT2D eigenvalue weighted by Gasteiger charge is 2.67. The van der Waals surface area contributed by atoms with Crippen LogP contribution < -0.4 is 5.32 Å². The van der Waals surface area contributed by atoms with Crippen molar-refractivity contribution in [1.82, 2.24) is 5.32 Å². The van der Waals surface area contributed by atoms with Gasteiger partial charge in [0.05, 0.1) is 11.0 Å². The predicted octanol–water partition coefficient (Wildman–Crippen LogP) is 0.520. The van der Waals surface area contributed by atoms with Crippen molar-refractivity contribution in [3.8, 4) is 0 Å². The molecule has 1 atom stereocenters. The monoisotopic (exact) mass is 183 g/mol. The maximum atomic E-state index is 11.2. The summed E-state index contributed by atoms with van der Waals surface area (Å²) in [7, 11) is 0. The first-order valence-electron chi connectivity index (χ1n) is 4.61. The minimum atomic E-state index is -0.829. The van der Waals surface area contributed by atoms with E-state index >= 15 is 0 Å². The highest BCUT2D eigenvalue weighted by Crippen LogP contribution is 2.57. The van der Waals surface area contributed by atoms with Crippen molar-refractivity contribution in [2.24, 2.45) is 5.41 Å². The van der Waals surface area contributed by atoms with Crippen molar-refractivity contribution in [3.05, 3.63) is 0 Å². The molecular formula is C9H13NO3. The van der Waals surface area contributed by atoms with Gasteiger partial charge in [-0.05, 0) is 19.3 Å². The third-order valence-electron chi connectivity index (χ3n) is 3.52. The summed E-state index contributed by atoms with van der Waals surface area (Å²) in [6.07, 6.45) is 2.32. The first-order chi connectivity index (χ1) is 6.06. The highest BCUT2D eigenvalue weighted by molar-refractivity contribution is 5.92. The van der Waals surface area contributed by atoms with Crippen molar-refractivity contribution < 1.29 is 14.7 Å². The second-order valence-corrected chi connectivity index (χ2v) is 4.05. The smallest absolute Gasteiger partial charge is 0.312 e. The number of aliphatic carboxylic acids is 1. The first-order valence-corrected chi connectivity index (χ1v) is 4.61. The number of amides is 1. The molecule has 1 aliphatic heterocycles. The van der Waals surface area contributed by atoms with Gasteiger partial charge in [0.15, 0.2) is 0 Å². The van der Waals surface area contributed by atoms with E-state index in [9.17, 15) is 9.59 Å². The molecule has 2 aliphatic rings. The minimum absolute atomic E-state index is 0.109. The van der Waals surface area contributed by atoms with E-state index in [2.05, 4.69) is 5.32 Å². The quantitative estimate of drug-likeness (QED) is 0.655. The highest BCUT2D eigenvalue weighted by atomic mass is 16.4. The standard InChI is InChI=1S/C9H13NO3/c1-2-8(7(12)13)5-6(11)10-9(8)3-4-9/h2-5H2,1H3,(H,10,11)(H,12,13). The van der Waals surface area contributed by atoms with Crippen LogP contribution in [0.1, 0.15) is 32.6 Å². The predicted molar refractivity (Wildman–Crippen MR) is 45.1 cm³/mol. The fourth-order valence-corrected chi connectivity index (χ4v) is 2.50. The summed E-state index contributed by atoms with van der Waals surface area (Å²) in [6, 6.07) is 0. The lowest BCUT2D eigenvalue weighted by Crippen LogP contribution is -2.44. The van der Waals surface area contributed by atoms with Crippen LogP contribution in [0.3, 0.4) is 0 Å². The zero-order valence-corrected chi connectivity index (χ0v) is 7.59. The molecule has 2 fully saturated rings. The van der Waals surface area contributed by atoms with E-state index < -0.39 is 16.9 Å². The van der Waals surface area contributed by atoms with Crippen LogP contribution in [-0.2, 0) is 9.59 Å². The van der Waals surface area contributed by atoms with Crippen molar-refractivity contribution in [2.45, 2.75) is 38.1 Å². The number of nitrogens with one attached hydrogen (secondary N) is 1. The molecule has 0 radical (unpaired) electrons. The lowest BCUT2D eigenvalue weighted by Gasteiger charge is -2.28. The van der Waals surface area contributed by atoms with Crippen molar-refractivity contribution in [2.75, 3.05) is 0 Å². The molecule has 1 amide bonds. The van der Waals surface area contributed by atoms with Gasteiger partial charge in [0.1, 0.15) is 0 Å². The Hall–Kier alpha value is -1.06. The van der Waals surface area contributed by atoms with Gasteiger partial charge in [0, 0.05) is 6.42 Å². The van der Waals surface area contributed by atoms with Crippen LogP contribution in [0.15, 0.2) is 0 Å². The number of rotatable bonds is 2. The van der Waals surface area contributed by atoms with Crippen LogP contribution in [0.4, 0.5) is 0 Å². The van der Waals surface area contributed by atoms with Gasteiger partial charge in [0.2, 0.25) is 5.91 Å². The maximum Gasteiger partial charge on any atom is 0.312 e. The number of carboxylic acids is 1. The summed E-state index contributed by atoms with van der Waals surface area (Å²) in [5.74, 6) is -0.937. The van der Waals surface area contributed by atoms with Gasteiger partial charge in [-0.2, -0.15) is 0 Å². The van der Waals surface area contributed by atoms with Gasteiger partial charge in [-0.3, -0.25) is 9.59 Å². The van der Waals surface area contributed by atoms with Crippen LogP contribution in [0, 0.1) is 5.41 Å². The van der Waals surface area contributed by atoms with E-state index in [-0.39, 0.29) is 12.3 Å². The summed E-state index contributed by atoms with van der Waals surface area (Å²) in [4.78, 5) is 22.4. The van der Waals surface area contributed by atoms with Crippen LogP contribution in [0.25, 0.3) is 0 Å². The van der Waals surface area contributed by atoms with Crippen molar-refractivity contribution >= 4 is 11.9 Å². The molecule has 0 bridgehead atoms.